The molecule has 3 aromatic rings. The maximum Gasteiger partial charge on any atom is 0.191 e. The zero-order chi connectivity index (χ0) is 17.5. The lowest BCUT2D eigenvalue weighted by atomic mass is 10.2. The van der Waals surface area contributed by atoms with Crippen molar-refractivity contribution in [1.29, 1.82) is 0 Å². The first kappa shape index (κ1) is 20.4. The fourth-order valence-electron chi connectivity index (χ4n) is 2.36. The number of hydrogen-bond acceptors (Lipinski definition) is 4. The Balaban J connectivity index is 0.00000243. The third-order valence-electron chi connectivity index (χ3n) is 3.57. The number of nitrogens with zero attached hydrogens (tertiary/aromatic N) is 4. The molecule has 0 aliphatic carbocycles. The minimum atomic E-state index is 0. The number of pyridine rings is 1. The number of thiophene rings is 1. The van der Waals surface area contributed by atoms with E-state index in [1.54, 1.807) is 30.1 Å². The molecule has 0 aromatic carbocycles. The van der Waals surface area contributed by atoms with Crippen LogP contribution in [0.5, 0.6) is 0 Å². The second kappa shape index (κ2) is 10.3. The summed E-state index contributed by atoms with van der Waals surface area (Å²) in [5.74, 6) is 1.66. The van der Waals surface area contributed by atoms with Gasteiger partial charge < -0.3 is 10.6 Å². The molecule has 0 radical (unpaired) electrons. The summed E-state index contributed by atoms with van der Waals surface area (Å²) in [6.45, 7) is 6.38. The van der Waals surface area contributed by atoms with Gasteiger partial charge in [0, 0.05) is 34.9 Å². The molecule has 0 spiro atoms. The second-order valence-corrected chi connectivity index (χ2v) is 6.93. The lowest BCUT2D eigenvalue weighted by Crippen LogP contribution is -2.36. The van der Waals surface area contributed by atoms with E-state index in [0.717, 1.165) is 30.4 Å². The summed E-state index contributed by atoms with van der Waals surface area (Å²) in [6, 6.07) is 8.30. The van der Waals surface area contributed by atoms with Crippen LogP contribution in [0.2, 0.25) is 0 Å². The first-order valence-corrected chi connectivity index (χ1v) is 9.07. The molecule has 26 heavy (non-hydrogen) atoms. The number of halogens is 1. The number of aliphatic imine (C=N–C) groups is 1. The largest absolute Gasteiger partial charge is 0.357 e. The Hall–Kier alpha value is -1.94. The van der Waals surface area contributed by atoms with Crippen molar-refractivity contribution in [1.82, 2.24) is 25.2 Å². The third kappa shape index (κ3) is 5.80. The van der Waals surface area contributed by atoms with Gasteiger partial charge in [-0.15, -0.1) is 35.3 Å². The molecule has 0 aliphatic rings. The second-order valence-electron chi connectivity index (χ2n) is 5.55. The van der Waals surface area contributed by atoms with Gasteiger partial charge in [0.1, 0.15) is 12.1 Å². The van der Waals surface area contributed by atoms with Crippen molar-refractivity contribution in [2.75, 3.05) is 6.54 Å². The zero-order valence-electron chi connectivity index (χ0n) is 14.8. The van der Waals surface area contributed by atoms with Gasteiger partial charge in [-0.1, -0.05) is 0 Å². The summed E-state index contributed by atoms with van der Waals surface area (Å²) >= 11 is 1.80. The molecule has 0 saturated carbocycles. The fourth-order valence-corrected chi connectivity index (χ4v) is 3.19. The van der Waals surface area contributed by atoms with Gasteiger partial charge in [-0.25, -0.2) is 15.0 Å². The standard InChI is InChI=1S/C18H22N6S.HI/c1-3-20-18(23-12-16-5-4-14(2)25-16)22-11-15-6-7-21-17(10-15)24-9-8-19-13-24;/h4-10,13H,3,11-12H2,1-2H3,(H2,20,22,23);1H. The minimum Gasteiger partial charge on any atom is -0.357 e. The van der Waals surface area contributed by atoms with Gasteiger partial charge in [-0.3, -0.25) is 4.57 Å². The summed E-state index contributed by atoms with van der Waals surface area (Å²) in [4.78, 5) is 15.7. The summed E-state index contributed by atoms with van der Waals surface area (Å²) in [6.07, 6.45) is 7.16. The van der Waals surface area contributed by atoms with E-state index in [9.17, 15) is 0 Å². The molecule has 8 heteroatoms. The van der Waals surface area contributed by atoms with E-state index >= 15 is 0 Å². The van der Waals surface area contributed by atoms with E-state index in [1.165, 1.54) is 9.75 Å². The zero-order valence-corrected chi connectivity index (χ0v) is 18.0. The number of hydrogen-bond donors (Lipinski definition) is 2. The molecule has 0 unspecified atom stereocenters. The van der Waals surface area contributed by atoms with Crippen LogP contribution in [-0.2, 0) is 13.1 Å². The highest BCUT2D eigenvalue weighted by Gasteiger charge is 2.02. The maximum absolute atomic E-state index is 4.67. The Bertz CT molecular complexity index is 828. The Morgan fingerprint density at radius 3 is 2.81 bits per heavy atom. The van der Waals surface area contributed by atoms with Crippen molar-refractivity contribution in [2.45, 2.75) is 26.9 Å². The monoisotopic (exact) mass is 482 g/mol. The van der Waals surface area contributed by atoms with Crippen LogP contribution < -0.4 is 10.6 Å². The van der Waals surface area contributed by atoms with Crippen molar-refractivity contribution in [3.63, 3.8) is 0 Å². The number of aromatic nitrogens is 3. The molecular weight excluding hydrogens is 459 g/mol. The van der Waals surface area contributed by atoms with Gasteiger partial charge in [0.15, 0.2) is 5.96 Å². The third-order valence-corrected chi connectivity index (χ3v) is 4.57. The Kier molecular flexibility index (Phi) is 8.05. The molecule has 3 rings (SSSR count). The maximum atomic E-state index is 4.67. The molecule has 0 atom stereocenters. The van der Waals surface area contributed by atoms with Crippen LogP contribution in [0.25, 0.3) is 5.82 Å². The smallest absolute Gasteiger partial charge is 0.191 e. The van der Waals surface area contributed by atoms with Gasteiger partial charge in [-0.05, 0) is 43.7 Å². The van der Waals surface area contributed by atoms with Crippen LogP contribution in [-0.4, -0.2) is 27.0 Å². The van der Waals surface area contributed by atoms with E-state index in [-0.39, 0.29) is 24.0 Å². The van der Waals surface area contributed by atoms with Crippen molar-refractivity contribution in [3.05, 3.63) is 64.5 Å². The van der Waals surface area contributed by atoms with Gasteiger partial charge in [0.2, 0.25) is 0 Å². The molecule has 0 aliphatic heterocycles. The number of rotatable bonds is 6. The highest BCUT2D eigenvalue weighted by Crippen LogP contribution is 2.14. The first-order chi connectivity index (χ1) is 12.2. The normalized spacial score (nSPS) is 11.1. The summed E-state index contributed by atoms with van der Waals surface area (Å²) in [5.41, 5.74) is 1.10. The van der Waals surface area contributed by atoms with Crippen LogP contribution in [0.3, 0.4) is 0 Å². The summed E-state index contributed by atoms with van der Waals surface area (Å²) in [5, 5.41) is 6.67. The first-order valence-electron chi connectivity index (χ1n) is 8.25. The van der Waals surface area contributed by atoms with Crippen molar-refractivity contribution < 1.29 is 0 Å². The summed E-state index contributed by atoms with van der Waals surface area (Å²) < 4.78 is 1.88. The molecular formula is C18H23IN6S. The number of imidazole rings is 1. The van der Waals surface area contributed by atoms with Crippen molar-refractivity contribution >= 4 is 41.3 Å². The molecule has 2 N–H and O–H groups in total. The van der Waals surface area contributed by atoms with Gasteiger partial charge in [-0.2, -0.15) is 0 Å². The molecule has 3 aromatic heterocycles. The average molecular weight is 482 g/mol. The van der Waals surface area contributed by atoms with Crippen LogP contribution in [0.15, 0.2) is 54.2 Å². The average Bonchev–Trinajstić information content (AvgIpc) is 3.29. The number of aryl methyl sites for hydroxylation is 1. The molecule has 3 heterocycles. The molecule has 138 valence electrons. The van der Waals surface area contributed by atoms with E-state index in [0.29, 0.717) is 6.54 Å². The SMILES string of the molecule is CCNC(=NCc1ccnc(-n2ccnc2)c1)NCc1ccc(C)s1.I. The number of nitrogens with one attached hydrogen (secondary N) is 2. The van der Waals surface area contributed by atoms with E-state index < -0.39 is 0 Å². The topological polar surface area (TPSA) is 67.1 Å². The highest BCUT2D eigenvalue weighted by atomic mass is 127. The van der Waals surface area contributed by atoms with E-state index in [2.05, 4.69) is 51.6 Å². The van der Waals surface area contributed by atoms with Crippen molar-refractivity contribution in [2.24, 2.45) is 4.99 Å². The van der Waals surface area contributed by atoms with Gasteiger partial charge >= 0.3 is 0 Å². The van der Waals surface area contributed by atoms with Gasteiger partial charge in [0.05, 0.1) is 13.1 Å². The highest BCUT2D eigenvalue weighted by molar-refractivity contribution is 14.0. The Labute approximate surface area is 174 Å². The molecule has 0 amide bonds. The lowest BCUT2D eigenvalue weighted by Gasteiger charge is -2.10. The van der Waals surface area contributed by atoms with Crippen LogP contribution in [0.1, 0.15) is 22.2 Å². The molecule has 0 fully saturated rings. The minimum absolute atomic E-state index is 0. The van der Waals surface area contributed by atoms with Crippen molar-refractivity contribution in [3.8, 4) is 5.82 Å². The van der Waals surface area contributed by atoms with Crippen LogP contribution >= 0.6 is 35.3 Å². The Morgan fingerprint density at radius 1 is 1.23 bits per heavy atom. The molecule has 6 nitrogen and oxygen atoms in total. The number of guanidine groups is 1. The van der Waals surface area contributed by atoms with E-state index in [4.69, 9.17) is 0 Å². The quantitative estimate of drug-likeness (QED) is 0.321. The Morgan fingerprint density at radius 2 is 2.12 bits per heavy atom. The fraction of sp³-hybridized carbons (Fsp3) is 0.278. The van der Waals surface area contributed by atoms with Crippen LogP contribution in [0.4, 0.5) is 0 Å². The molecule has 0 bridgehead atoms. The predicted octanol–water partition coefficient (Wildman–Crippen LogP) is 3.51. The molecule has 0 saturated heterocycles. The van der Waals surface area contributed by atoms with E-state index in [1.807, 2.05) is 22.9 Å². The summed E-state index contributed by atoms with van der Waals surface area (Å²) in [7, 11) is 0. The van der Waals surface area contributed by atoms with Crippen LogP contribution in [0, 0.1) is 6.92 Å². The predicted molar refractivity (Wildman–Crippen MR) is 117 cm³/mol. The lowest BCUT2D eigenvalue weighted by molar-refractivity contribution is 0.822. The van der Waals surface area contributed by atoms with Gasteiger partial charge in [0.25, 0.3) is 0 Å².